The minimum absolute atomic E-state index is 0.000698. The molecule has 4 heterocycles. The first-order chi connectivity index (χ1) is 21.8. The van der Waals surface area contributed by atoms with Gasteiger partial charge < -0.3 is 31.2 Å². The Morgan fingerprint density at radius 3 is 2.36 bits per heavy atom. The molecule has 10 nitrogen and oxygen atoms in total. The van der Waals surface area contributed by atoms with E-state index in [4.69, 9.17) is 17.3 Å². The maximum absolute atomic E-state index is 14.1. The number of aromatic amines is 1. The maximum Gasteiger partial charge on any atom is 0.326 e. The Labute approximate surface area is 269 Å². The normalized spacial score (nSPS) is 19.6. The van der Waals surface area contributed by atoms with E-state index in [1.54, 1.807) is 4.90 Å². The van der Waals surface area contributed by atoms with Gasteiger partial charge in [-0.1, -0.05) is 36.7 Å². The van der Waals surface area contributed by atoms with E-state index in [0.29, 0.717) is 62.1 Å². The van der Waals surface area contributed by atoms with Gasteiger partial charge in [0, 0.05) is 38.6 Å². The quantitative estimate of drug-likeness (QED) is 0.288. The van der Waals surface area contributed by atoms with Crippen LogP contribution in [0.15, 0.2) is 41.2 Å². The average molecular weight is 636 g/mol. The van der Waals surface area contributed by atoms with Crippen molar-refractivity contribution in [2.24, 2.45) is 11.8 Å². The zero-order valence-corrected chi connectivity index (χ0v) is 27.0. The largest absolute Gasteiger partial charge is 0.397 e. The average Bonchev–Trinajstić information content (AvgIpc) is 3.41. The van der Waals surface area contributed by atoms with Crippen molar-refractivity contribution in [2.45, 2.75) is 70.4 Å². The van der Waals surface area contributed by atoms with Crippen LogP contribution in [0.4, 0.5) is 10.5 Å². The maximum atomic E-state index is 14.1. The number of hydrogen-bond acceptors (Lipinski definition) is 5. The number of nitrogen functional groups attached to an aromatic ring is 1. The number of nitrogens with two attached hydrogens (primary N) is 1. The number of halogens is 1. The molecule has 3 amide bonds. The summed E-state index contributed by atoms with van der Waals surface area (Å²) in [5, 5.41) is 7.04. The Morgan fingerprint density at radius 1 is 0.978 bits per heavy atom. The van der Waals surface area contributed by atoms with E-state index in [9.17, 15) is 14.4 Å². The molecule has 1 atom stereocenters. The van der Waals surface area contributed by atoms with E-state index in [1.807, 2.05) is 52.8 Å². The number of hydrogen-bond donors (Lipinski definition) is 4. The number of likely N-dealkylation sites (tertiary alicyclic amines) is 2. The number of nitrogens with zero attached hydrogens (tertiary/aromatic N) is 3. The number of carbonyl (C=O) groups excluding carboxylic acids is 2. The van der Waals surface area contributed by atoms with Crippen molar-refractivity contribution in [3.05, 3.63) is 63.0 Å². The van der Waals surface area contributed by atoms with Gasteiger partial charge in [-0.15, -0.1) is 0 Å². The summed E-state index contributed by atoms with van der Waals surface area (Å²) in [4.78, 5) is 47.1. The minimum Gasteiger partial charge on any atom is -0.397 e. The lowest BCUT2D eigenvalue weighted by atomic mass is 9.79. The lowest BCUT2D eigenvalue weighted by Gasteiger charge is -2.39. The number of amides is 3. The molecule has 6 rings (SSSR count). The number of fused-ring (bicyclic) bond motifs is 1. The number of rotatable bonds is 7. The lowest BCUT2D eigenvalue weighted by Crippen LogP contribution is -2.55. The second kappa shape index (κ2) is 13.9. The number of para-hydroxylation sites is 2. The minimum atomic E-state index is -0.716. The van der Waals surface area contributed by atoms with Crippen LogP contribution < -0.4 is 22.1 Å². The van der Waals surface area contributed by atoms with Gasteiger partial charge in [-0.25, -0.2) is 9.59 Å². The summed E-state index contributed by atoms with van der Waals surface area (Å²) in [5.41, 5.74) is 10.2. The molecule has 0 bridgehead atoms. The summed E-state index contributed by atoms with van der Waals surface area (Å²) in [6, 6.07) is 10.5. The number of aryl methyl sites for hydroxylation is 1. The van der Waals surface area contributed by atoms with Gasteiger partial charge in [0.25, 0.3) is 0 Å². The van der Waals surface area contributed by atoms with Crippen LogP contribution in [-0.2, 0) is 17.6 Å². The number of piperidine rings is 3. The molecule has 1 aromatic heterocycles. The van der Waals surface area contributed by atoms with Gasteiger partial charge in [-0.2, -0.15) is 0 Å². The van der Waals surface area contributed by atoms with Crippen LogP contribution >= 0.6 is 11.6 Å². The monoisotopic (exact) mass is 635 g/mol. The molecule has 11 heteroatoms. The fourth-order valence-corrected chi connectivity index (χ4v) is 7.98. The zero-order chi connectivity index (χ0) is 31.5. The van der Waals surface area contributed by atoms with Gasteiger partial charge in [0.15, 0.2) is 0 Å². The SMILES string of the molecule is CCc1cc(C[C@@H](NC(=O)N2CCC(n3c(=O)[nH]c4ccccc43)CC2)C(=O)N2CCC(C3CCNCC3)CC2)cc(Cl)c1N. The fourth-order valence-electron chi connectivity index (χ4n) is 7.71. The van der Waals surface area contributed by atoms with Crippen LogP contribution in [0.25, 0.3) is 11.0 Å². The Bertz CT molecular complexity index is 1560. The molecule has 45 heavy (non-hydrogen) atoms. The fraction of sp³-hybridized carbons (Fsp3) is 0.559. The van der Waals surface area contributed by atoms with Crippen LogP contribution in [0.5, 0.6) is 0 Å². The molecular weight excluding hydrogens is 590 g/mol. The molecule has 0 saturated carbocycles. The van der Waals surface area contributed by atoms with Gasteiger partial charge in [0.2, 0.25) is 5.91 Å². The van der Waals surface area contributed by atoms with Crippen molar-refractivity contribution in [3.63, 3.8) is 0 Å². The molecule has 3 fully saturated rings. The summed E-state index contributed by atoms with van der Waals surface area (Å²) in [6.07, 6.45) is 6.81. The summed E-state index contributed by atoms with van der Waals surface area (Å²) in [7, 11) is 0. The van der Waals surface area contributed by atoms with E-state index >= 15 is 0 Å². The molecule has 0 spiro atoms. The Kier molecular flexibility index (Phi) is 9.70. The summed E-state index contributed by atoms with van der Waals surface area (Å²) >= 11 is 6.48. The first-order valence-corrected chi connectivity index (χ1v) is 17.0. The predicted octanol–water partition coefficient (Wildman–Crippen LogP) is 4.32. The van der Waals surface area contributed by atoms with Gasteiger partial charge >= 0.3 is 11.7 Å². The summed E-state index contributed by atoms with van der Waals surface area (Å²) in [5.74, 6) is 1.34. The van der Waals surface area contributed by atoms with Gasteiger partial charge in [0.1, 0.15) is 6.04 Å². The highest BCUT2D eigenvalue weighted by atomic mass is 35.5. The first-order valence-electron chi connectivity index (χ1n) is 16.6. The molecule has 242 valence electrons. The molecule has 0 unspecified atom stereocenters. The van der Waals surface area contributed by atoms with Crippen LogP contribution in [0.2, 0.25) is 5.02 Å². The number of aromatic nitrogens is 2. The van der Waals surface area contributed by atoms with E-state index in [2.05, 4.69) is 15.6 Å². The number of carbonyl (C=O) groups is 2. The van der Waals surface area contributed by atoms with Crippen molar-refractivity contribution >= 4 is 40.3 Å². The zero-order valence-electron chi connectivity index (χ0n) is 26.2. The standard InChI is InChI=1S/C34H46ClN7O3/c1-2-23-19-22(20-27(35)31(23)36)21-29(32(43)40-15-9-25(10-16-40)24-7-13-37-14-8-24)39-33(44)41-17-11-26(12-18-41)42-30-6-4-3-5-28(30)38-34(42)45/h3-6,19-20,24-26,29,37H,2,7-18,21,36H2,1H3,(H,38,45)(H,39,44)/t29-/m1/s1. The highest BCUT2D eigenvalue weighted by molar-refractivity contribution is 6.33. The lowest BCUT2D eigenvalue weighted by molar-refractivity contribution is -0.135. The van der Waals surface area contributed by atoms with Crippen molar-refractivity contribution in [1.29, 1.82) is 0 Å². The Morgan fingerprint density at radius 2 is 1.64 bits per heavy atom. The molecular formula is C34H46ClN7O3. The van der Waals surface area contributed by atoms with Crippen molar-refractivity contribution in [2.75, 3.05) is 45.0 Å². The molecule has 0 radical (unpaired) electrons. The van der Waals surface area contributed by atoms with E-state index in [-0.39, 0.29) is 23.7 Å². The number of nitrogens with one attached hydrogen (secondary N) is 3. The summed E-state index contributed by atoms with van der Waals surface area (Å²) in [6.45, 7) is 6.61. The van der Waals surface area contributed by atoms with Crippen LogP contribution in [0.3, 0.4) is 0 Å². The Balaban J connectivity index is 1.14. The topological polar surface area (TPSA) is 128 Å². The second-order valence-corrected chi connectivity index (χ2v) is 13.4. The Hall–Kier alpha value is -3.50. The molecule has 2 aromatic carbocycles. The van der Waals surface area contributed by atoms with Gasteiger partial charge in [0.05, 0.1) is 21.7 Å². The molecule has 3 aliphatic heterocycles. The highest BCUT2D eigenvalue weighted by Crippen LogP contribution is 2.32. The predicted molar refractivity (Wildman–Crippen MR) is 179 cm³/mol. The highest BCUT2D eigenvalue weighted by Gasteiger charge is 2.34. The third-order valence-corrected chi connectivity index (χ3v) is 10.6. The van der Waals surface area contributed by atoms with Gasteiger partial charge in [-0.05, 0) is 99.2 Å². The number of imidazole rings is 1. The number of H-pyrrole nitrogens is 1. The number of benzene rings is 2. The van der Waals surface area contributed by atoms with Crippen molar-refractivity contribution < 1.29 is 9.59 Å². The van der Waals surface area contributed by atoms with Crippen molar-refractivity contribution in [1.82, 2.24) is 30.0 Å². The van der Waals surface area contributed by atoms with Crippen LogP contribution in [0, 0.1) is 11.8 Å². The molecule has 5 N–H and O–H groups in total. The number of urea groups is 1. The third kappa shape index (κ3) is 6.87. The van der Waals surface area contributed by atoms with E-state index in [0.717, 1.165) is 60.4 Å². The summed E-state index contributed by atoms with van der Waals surface area (Å²) < 4.78 is 1.82. The van der Waals surface area contributed by atoms with Crippen LogP contribution in [0.1, 0.15) is 62.6 Å². The first kappa shape index (κ1) is 31.5. The van der Waals surface area contributed by atoms with Gasteiger partial charge in [-0.3, -0.25) is 9.36 Å². The van der Waals surface area contributed by atoms with Crippen LogP contribution in [-0.4, -0.2) is 76.6 Å². The smallest absolute Gasteiger partial charge is 0.326 e. The number of anilines is 1. The molecule has 3 saturated heterocycles. The van der Waals surface area contributed by atoms with Crippen molar-refractivity contribution in [3.8, 4) is 0 Å². The third-order valence-electron chi connectivity index (χ3n) is 10.3. The second-order valence-electron chi connectivity index (χ2n) is 13.0. The van der Waals surface area contributed by atoms with E-state index < -0.39 is 6.04 Å². The molecule has 3 aliphatic rings. The molecule has 0 aliphatic carbocycles. The molecule has 3 aromatic rings. The van der Waals surface area contributed by atoms with E-state index in [1.165, 1.54) is 12.8 Å².